The molecule has 0 aliphatic heterocycles. The number of esters is 1. The van der Waals surface area contributed by atoms with Gasteiger partial charge in [-0.1, -0.05) is 49.4 Å². The van der Waals surface area contributed by atoms with Gasteiger partial charge >= 0.3 is 5.97 Å². The van der Waals surface area contributed by atoms with Crippen LogP contribution in [0, 0.1) is 10.1 Å². The van der Waals surface area contributed by atoms with Crippen molar-refractivity contribution in [3.05, 3.63) is 62.1 Å². The van der Waals surface area contributed by atoms with Crippen LogP contribution in [-0.4, -0.2) is 16.8 Å². The zero-order chi connectivity index (χ0) is 21.4. The number of carbonyl (C=O) groups is 2. The van der Waals surface area contributed by atoms with Gasteiger partial charge < -0.3 is 10.1 Å². The van der Waals surface area contributed by atoms with E-state index >= 15 is 0 Å². The molecule has 2 rings (SSSR count). The first-order valence-corrected chi connectivity index (χ1v) is 9.83. The van der Waals surface area contributed by atoms with Gasteiger partial charge in [0.25, 0.3) is 11.6 Å². The second-order valence-corrected chi connectivity index (χ2v) is 7.14. The van der Waals surface area contributed by atoms with E-state index in [9.17, 15) is 19.7 Å². The highest BCUT2D eigenvalue weighted by Gasteiger charge is 2.18. The van der Waals surface area contributed by atoms with Crippen molar-refractivity contribution in [3.8, 4) is 5.75 Å². The predicted octanol–water partition coefficient (Wildman–Crippen LogP) is 6.03. The molecule has 0 fully saturated rings. The molecule has 9 heteroatoms. The maximum Gasteiger partial charge on any atom is 0.311 e. The number of ether oxygens (including phenoxy) is 1. The first-order valence-electron chi connectivity index (χ1n) is 9.07. The first-order chi connectivity index (χ1) is 13.8. The van der Waals surface area contributed by atoms with Gasteiger partial charge in [0, 0.05) is 23.6 Å². The van der Waals surface area contributed by atoms with E-state index in [4.69, 9.17) is 27.9 Å². The van der Waals surface area contributed by atoms with E-state index in [1.165, 1.54) is 30.3 Å². The van der Waals surface area contributed by atoms with Crippen LogP contribution in [0.3, 0.4) is 0 Å². The molecule has 0 spiro atoms. The number of non-ortho nitro benzene ring substituents is 1. The summed E-state index contributed by atoms with van der Waals surface area (Å²) in [5.74, 6) is -0.978. The third-order valence-electron chi connectivity index (χ3n) is 4.06. The largest absolute Gasteiger partial charge is 0.426 e. The minimum absolute atomic E-state index is 0.00375. The highest BCUT2D eigenvalue weighted by atomic mass is 35.5. The Morgan fingerprint density at radius 1 is 1.10 bits per heavy atom. The van der Waals surface area contributed by atoms with E-state index in [1.54, 1.807) is 0 Å². The smallest absolute Gasteiger partial charge is 0.311 e. The number of nitrogens with zero attached hydrogens (tertiary/aromatic N) is 1. The van der Waals surface area contributed by atoms with Crippen molar-refractivity contribution < 1.29 is 19.2 Å². The van der Waals surface area contributed by atoms with Gasteiger partial charge in [0.15, 0.2) is 0 Å². The average molecular weight is 439 g/mol. The van der Waals surface area contributed by atoms with Crippen LogP contribution in [0.4, 0.5) is 11.4 Å². The van der Waals surface area contributed by atoms with Crippen LogP contribution >= 0.6 is 23.2 Å². The van der Waals surface area contributed by atoms with Gasteiger partial charge in [0.1, 0.15) is 5.75 Å². The van der Waals surface area contributed by atoms with Crippen molar-refractivity contribution in [1.29, 1.82) is 0 Å². The van der Waals surface area contributed by atoms with Crippen molar-refractivity contribution in [2.24, 2.45) is 0 Å². The van der Waals surface area contributed by atoms with Crippen LogP contribution in [0.2, 0.25) is 10.0 Å². The molecule has 0 radical (unpaired) electrons. The quantitative estimate of drug-likeness (QED) is 0.169. The molecular weight excluding hydrogens is 419 g/mol. The zero-order valence-corrected chi connectivity index (χ0v) is 17.3. The van der Waals surface area contributed by atoms with Gasteiger partial charge in [-0.25, -0.2) is 0 Å². The number of anilines is 1. The standard InChI is InChI=1S/C20H20Cl2N2O5/c1-2-3-4-5-6-19(25)29-18-10-7-13(21)11-15(18)20(26)23-17-9-8-14(24(27)28)12-16(17)22/h7-12H,2-6H2,1H3,(H,23,26). The second kappa shape index (κ2) is 10.8. The lowest BCUT2D eigenvalue weighted by Crippen LogP contribution is -2.16. The Labute approximate surface area is 178 Å². The summed E-state index contributed by atoms with van der Waals surface area (Å²) in [5.41, 5.74) is 0.0290. The molecule has 0 aliphatic rings. The van der Waals surface area contributed by atoms with Gasteiger partial charge in [-0.3, -0.25) is 19.7 Å². The number of nitrogens with one attached hydrogen (secondary N) is 1. The van der Waals surface area contributed by atoms with Gasteiger partial charge in [0.2, 0.25) is 0 Å². The third-order valence-corrected chi connectivity index (χ3v) is 4.60. The lowest BCUT2D eigenvalue weighted by atomic mass is 10.1. The molecule has 0 saturated heterocycles. The van der Waals surface area contributed by atoms with Crippen molar-refractivity contribution in [2.75, 3.05) is 5.32 Å². The van der Waals surface area contributed by atoms with Crippen LogP contribution in [0.15, 0.2) is 36.4 Å². The molecule has 0 heterocycles. The number of amides is 1. The van der Waals surface area contributed by atoms with E-state index in [0.717, 1.165) is 25.3 Å². The molecule has 154 valence electrons. The zero-order valence-electron chi connectivity index (χ0n) is 15.7. The molecular formula is C20H20Cl2N2O5. The van der Waals surface area contributed by atoms with Crippen molar-refractivity contribution >= 4 is 46.5 Å². The van der Waals surface area contributed by atoms with Crippen molar-refractivity contribution in [3.63, 3.8) is 0 Å². The Balaban J connectivity index is 2.14. The van der Waals surface area contributed by atoms with Crippen LogP contribution in [0.25, 0.3) is 0 Å². The fraction of sp³-hybridized carbons (Fsp3) is 0.300. The molecule has 1 amide bonds. The normalized spacial score (nSPS) is 10.4. The Kier molecular flexibility index (Phi) is 8.42. The molecule has 0 unspecified atom stereocenters. The second-order valence-electron chi connectivity index (χ2n) is 6.30. The minimum atomic E-state index is -0.614. The molecule has 0 bridgehead atoms. The maximum absolute atomic E-state index is 12.7. The number of unbranched alkanes of at least 4 members (excludes halogenated alkanes) is 3. The summed E-state index contributed by atoms with van der Waals surface area (Å²) >= 11 is 12.0. The summed E-state index contributed by atoms with van der Waals surface area (Å²) in [5, 5.41) is 13.6. The molecule has 0 aliphatic carbocycles. The minimum Gasteiger partial charge on any atom is -0.426 e. The number of benzene rings is 2. The van der Waals surface area contributed by atoms with Crippen LogP contribution in [0.1, 0.15) is 49.4 Å². The Morgan fingerprint density at radius 2 is 1.86 bits per heavy atom. The molecule has 29 heavy (non-hydrogen) atoms. The van der Waals surface area contributed by atoms with Gasteiger partial charge in [-0.2, -0.15) is 0 Å². The Morgan fingerprint density at radius 3 is 2.52 bits per heavy atom. The van der Waals surface area contributed by atoms with Gasteiger partial charge in [-0.15, -0.1) is 0 Å². The fourth-order valence-electron chi connectivity index (χ4n) is 2.55. The number of nitro benzene ring substituents is 1. The van der Waals surface area contributed by atoms with Crippen molar-refractivity contribution in [2.45, 2.75) is 39.0 Å². The molecule has 7 nitrogen and oxygen atoms in total. The lowest BCUT2D eigenvalue weighted by molar-refractivity contribution is -0.384. The van der Waals surface area contributed by atoms with E-state index in [1.807, 2.05) is 0 Å². The monoisotopic (exact) mass is 438 g/mol. The Hall–Kier alpha value is -2.64. The molecule has 0 atom stereocenters. The summed E-state index contributed by atoms with van der Waals surface area (Å²) in [4.78, 5) is 35.0. The SMILES string of the molecule is CCCCCCC(=O)Oc1ccc(Cl)cc1C(=O)Nc1ccc([N+](=O)[O-])cc1Cl. The van der Waals surface area contributed by atoms with E-state index < -0.39 is 16.8 Å². The Bertz CT molecular complexity index is 918. The number of carbonyl (C=O) groups excluding carboxylic acids is 2. The van der Waals surface area contributed by atoms with E-state index in [2.05, 4.69) is 12.2 Å². The highest BCUT2D eigenvalue weighted by Crippen LogP contribution is 2.29. The number of rotatable bonds is 9. The molecule has 1 N–H and O–H groups in total. The predicted molar refractivity (Wildman–Crippen MR) is 112 cm³/mol. The molecule has 2 aromatic rings. The van der Waals surface area contributed by atoms with Crippen LogP contribution in [-0.2, 0) is 4.79 Å². The van der Waals surface area contributed by atoms with Crippen molar-refractivity contribution in [1.82, 2.24) is 0 Å². The van der Waals surface area contributed by atoms with Gasteiger partial charge in [0.05, 0.1) is 21.2 Å². The third kappa shape index (κ3) is 6.73. The van der Waals surface area contributed by atoms with E-state index in [0.29, 0.717) is 6.42 Å². The van der Waals surface area contributed by atoms with E-state index in [-0.39, 0.29) is 39.2 Å². The number of halogens is 2. The summed E-state index contributed by atoms with van der Waals surface area (Å²) in [6.45, 7) is 2.08. The topological polar surface area (TPSA) is 98.5 Å². The fourth-order valence-corrected chi connectivity index (χ4v) is 2.94. The number of nitro groups is 1. The molecule has 2 aromatic carbocycles. The molecule has 0 saturated carbocycles. The van der Waals surface area contributed by atoms with Gasteiger partial charge in [-0.05, 0) is 30.7 Å². The van der Waals surface area contributed by atoms with Crippen LogP contribution in [0.5, 0.6) is 5.75 Å². The highest BCUT2D eigenvalue weighted by molar-refractivity contribution is 6.34. The van der Waals surface area contributed by atoms with Crippen LogP contribution < -0.4 is 10.1 Å². The average Bonchev–Trinajstić information content (AvgIpc) is 2.68. The lowest BCUT2D eigenvalue weighted by Gasteiger charge is -2.12. The first kappa shape index (κ1) is 22.6. The number of hydrogen-bond donors (Lipinski definition) is 1. The summed E-state index contributed by atoms with van der Waals surface area (Å²) < 4.78 is 5.34. The maximum atomic E-state index is 12.7. The summed E-state index contributed by atoms with van der Waals surface area (Å²) in [6.07, 6.45) is 3.98. The molecule has 0 aromatic heterocycles. The summed E-state index contributed by atoms with van der Waals surface area (Å²) in [7, 11) is 0. The number of hydrogen-bond acceptors (Lipinski definition) is 5. The summed E-state index contributed by atoms with van der Waals surface area (Å²) in [6, 6.07) is 8.00.